The van der Waals surface area contributed by atoms with E-state index in [-0.39, 0.29) is 6.61 Å². The van der Waals surface area contributed by atoms with Crippen LogP contribution in [0.15, 0.2) is 43.0 Å². The predicted octanol–water partition coefficient (Wildman–Crippen LogP) is 0.0725. The molecule has 0 unspecified atom stereocenters. The largest absolute Gasteiger partial charge is 0.404 e. The molecule has 0 radical (unpaired) electrons. The Balaban J connectivity index is 2.77. The molecule has 106 valence electrons. The van der Waals surface area contributed by atoms with Crippen LogP contribution in [-0.2, 0) is 13.7 Å². The highest BCUT2D eigenvalue weighted by Gasteiger charge is 2.20. The lowest BCUT2D eigenvalue weighted by Gasteiger charge is -1.99. The number of benzene rings is 1. The number of hydrogen-bond donors (Lipinski definition) is 2. The fourth-order valence-corrected chi connectivity index (χ4v) is 2.91. The standard InChI is InChI=1S/C17H17N3O/c1-3-6-14-12(10-18)9-13(11-21)17-19(2)15-7-4-5-8-16(15)20(14)17/h3-10,18,21H,1,11H2,2H3/p+1. The SMILES string of the molecule is C=CC=c1c(=CN)cc(CO)c2n1c1ccccc1[n+]2C. The minimum Gasteiger partial charge on any atom is -0.404 e. The highest BCUT2D eigenvalue weighted by atomic mass is 16.3. The molecule has 0 aliphatic rings. The van der Waals surface area contributed by atoms with E-state index in [0.717, 1.165) is 32.8 Å². The van der Waals surface area contributed by atoms with Crippen molar-refractivity contribution in [3.63, 3.8) is 0 Å². The van der Waals surface area contributed by atoms with Gasteiger partial charge in [0.15, 0.2) is 11.0 Å². The molecule has 3 rings (SSSR count). The molecule has 4 heteroatoms. The topological polar surface area (TPSA) is 54.5 Å². The molecule has 3 N–H and O–H groups in total. The average Bonchev–Trinajstić information content (AvgIpc) is 2.82. The first-order valence-corrected chi connectivity index (χ1v) is 6.79. The predicted molar refractivity (Wildman–Crippen MR) is 84.6 cm³/mol. The summed E-state index contributed by atoms with van der Waals surface area (Å²) < 4.78 is 4.20. The number of fused-ring (bicyclic) bond motifs is 3. The number of nitrogens with zero attached hydrogens (tertiary/aromatic N) is 2. The fraction of sp³-hybridized carbons (Fsp3) is 0.118. The van der Waals surface area contributed by atoms with Crippen molar-refractivity contribution in [2.75, 3.05) is 0 Å². The second kappa shape index (κ2) is 5.07. The number of pyridine rings is 1. The number of nitrogens with two attached hydrogens (primary N) is 1. The number of hydrogen-bond acceptors (Lipinski definition) is 2. The van der Waals surface area contributed by atoms with Crippen molar-refractivity contribution in [2.45, 2.75) is 6.61 Å². The third kappa shape index (κ3) is 1.84. The smallest absolute Gasteiger partial charge is 0.293 e. The van der Waals surface area contributed by atoms with Crippen LogP contribution in [0.4, 0.5) is 0 Å². The van der Waals surface area contributed by atoms with Crippen LogP contribution >= 0.6 is 0 Å². The second-order valence-corrected chi connectivity index (χ2v) is 4.94. The molecule has 0 saturated heterocycles. The van der Waals surface area contributed by atoms with Crippen LogP contribution in [0.3, 0.4) is 0 Å². The van der Waals surface area contributed by atoms with Crippen molar-refractivity contribution >= 4 is 29.0 Å². The van der Waals surface area contributed by atoms with Gasteiger partial charge in [-0.1, -0.05) is 24.8 Å². The van der Waals surface area contributed by atoms with Crippen molar-refractivity contribution < 1.29 is 9.67 Å². The molecule has 2 aromatic heterocycles. The summed E-state index contributed by atoms with van der Waals surface area (Å²) in [5.41, 5.74) is 9.73. The lowest BCUT2D eigenvalue weighted by Crippen LogP contribution is -2.37. The fourth-order valence-electron chi connectivity index (χ4n) is 2.91. The number of aliphatic hydroxyl groups is 1. The van der Waals surface area contributed by atoms with Crippen LogP contribution in [0, 0.1) is 0 Å². The summed E-state index contributed by atoms with van der Waals surface area (Å²) in [5, 5.41) is 11.5. The Morgan fingerprint density at radius 1 is 1.38 bits per heavy atom. The maximum atomic E-state index is 9.71. The maximum Gasteiger partial charge on any atom is 0.293 e. The van der Waals surface area contributed by atoms with Crippen LogP contribution in [0.25, 0.3) is 29.0 Å². The van der Waals surface area contributed by atoms with Crippen molar-refractivity contribution in [2.24, 2.45) is 12.8 Å². The van der Waals surface area contributed by atoms with Crippen LogP contribution < -0.4 is 20.9 Å². The molecule has 1 aromatic carbocycles. The minimum absolute atomic E-state index is 0.0388. The first-order chi connectivity index (χ1) is 10.2. The number of para-hydroxylation sites is 2. The van der Waals surface area contributed by atoms with Crippen LogP contribution in [-0.4, -0.2) is 9.51 Å². The van der Waals surface area contributed by atoms with Gasteiger partial charge in [-0.2, -0.15) is 4.40 Å². The molecule has 3 aromatic rings. The van der Waals surface area contributed by atoms with Crippen molar-refractivity contribution in [1.29, 1.82) is 0 Å². The first-order valence-electron chi connectivity index (χ1n) is 6.79. The normalized spacial score (nSPS) is 13.4. The van der Waals surface area contributed by atoms with Crippen LogP contribution in [0.5, 0.6) is 0 Å². The number of aliphatic hydroxyl groups excluding tert-OH is 1. The summed E-state index contributed by atoms with van der Waals surface area (Å²) in [6.07, 6.45) is 5.23. The lowest BCUT2D eigenvalue weighted by molar-refractivity contribution is -0.618. The number of imidazole rings is 1. The van der Waals surface area contributed by atoms with Gasteiger partial charge in [-0.3, -0.25) is 0 Å². The van der Waals surface area contributed by atoms with E-state index in [0.29, 0.717) is 0 Å². The van der Waals surface area contributed by atoms with Gasteiger partial charge in [0.05, 0.1) is 19.2 Å². The average molecular weight is 280 g/mol. The Morgan fingerprint density at radius 3 is 2.81 bits per heavy atom. The molecular formula is C17H18N3O+. The summed E-state index contributed by atoms with van der Waals surface area (Å²) >= 11 is 0. The number of allylic oxidation sites excluding steroid dienone is 1. The van der Waals surface area contributed by atoms with Crippen LogP contribution in [0.1, 0.15) is 5.56 Å². The minimum atomic E-state index is -0.0388. The van der Waals surface area contributed by atoms with Crippen LogP contribution in [0.2, 0.25) is 0 Å². The zero-order valence-electron chi connectivity index (χ0n) is 12.0. The summed E-state index contributed by atoms with van der Waals surface area (Å²) in [4.78, 5) is 0. The summed E-state index contributed by atoms with van der Waals surface area (Å²) in [6.45, 7) is 3.75. The number of aryl methyl sites for hydroxylation is 1. The Bertz CT molecular complexity index is 967. The molecule has 0 bridgehead atoms. The van der Waals surface area contributed by atoms with Gasteiger partial charge in [0.2, 0.25) is 0 Å². The molecule has 0 amide bonds. The van der Waals surface area contributed by atoms with Gasteiger partial charge in [0, 0.05) is 11.4 Å². The summed E-state index contributed by atoms with van der Waals surface area (Å²) in [6, 6.07) is 10.1. The highest BCUT2D eigenvalue weighted by molar-refractivity contribution is 5.76. The van der Waals surface area contributed by atoms with Gasteiger partial charge in [-0.15, -0.1) is 0 Å². The third-order valence-electron chi connectivity index (χ3n) is 3.79. The molecule has 21 heavy (non-hydrogen) atoms. The first kappa shape index (κ1) is 13.4. The molecule has 4 nitrogen and oxygen atoms in total. The van der Waals surface area contributed by atoms with E-state index >= 15 is 0 Å². The van der Waals surface area contributed by atoms with Gasteiger partial charge in [0.1, 0.15) is 5.35 Å². The summed E-state index contributed by atoms with van der Waals surface area (Å²) in [7, 11) is 2.00. The molecule has 0 spiro atoms. The monoisotopic (exact) mass is 280 g/mol. The van der Waals surface area contributed by atoms with Gasteiger partial charge >= 0.3 is 0 Å². The van der Waals surface area contributed by atoms with E-state index in [9.17, 15) is 5.11 Å². The molecular weight excluding hydrogens is 262 g/mol. The maximum absolute atomic E-state index is 9.71. The lowest BCUT2D eigenvalue weighted by atomic mass is 10.2. The molecule has 2 heterocycles. The molecule has 0 fully saturated rings. The molecule has 0 saturated carbocycles. The van der Waals surface area contributed by atoms with E-state index in [1.165, 1.54) is 0 Å². The number of aromatic nitrogens is 2. The van der Waals surface area contributed by atoms with E-state index < -0.39 is 0 Å². The Hall–Kier alpha value is -2.59. The Labute approximate surface area is 122 Å². The van der Waals surface area contributed by atoms with Gasteiger partial charge in [0.25, 0.3) is 5.65 Å². The van der Waals surface area contributed by atoms with E-state index in [1.807, 2.05) is 31.3 Å². The molecule has 0 aliphatic carbocycles. The Morgan fingerprint density at radius 2 is 2.14 bits per heavy atom. The van der Waals surface area contributed by atoms with E-state index in [1.54, 1.807) is 12.3 Å². The van der Waals surface area contributed by atoms with E-state index in [4.69, 9.17) is 5.73 Å². The van der Waals surface area contributed by atoms with Gasteiger partial charge < -0.3 is 10.8 Å². The summed E-state index contributed by atoms with van der Waals surface area (Å²) in [5.74, 6) is 0. The zero-order chi connectivity index (χ0) is 15.0. The highest BCUT2D eigenvalue weighted by Crippen LogP contribution is 2.14. The third-order valence-corrected chi connectivity index (χ3v) is 3.79. The van der Waals surface area contributed by atoms with Crippen molar-refractivity contribution in [3.05, 3.63) is 59.1 Å². The molecule has 0 aliphatic heterocycles. The van der Waals surface area contributed by atoms with Crippen molar-refractivity contribution in [3.8, 4) is 0 Å². The molecule has 0 atom stereocenters. The van der Waals surface area contributed by atoms with Gasteiger partial charge in [-0.25, -0.2) is 4.57 Å². The van der Waals surface area contributed by atoms with E-state index in [2.05, 4.69) is 27.7 Å². The zero-order valence-corrected chi connectivity index (χ0v) is 12.0. The second-order valence-electron chi connectivity index (χ2n) is 4.94. The number of rotatable bonds is 2. The van der Waals surface area contributed by atoms with Gasteiger partial charge in [-0.05, 0) is 24.3 Å². The Kier molecular flexibility index (Phi) is 3.23. The quantitative estimate of drug-likeness (QED) is 0.653. The van der Waals surface area contributed by atoms with Crippen molar-refractivity contribution in [1.82, 2.24) is 4.40 Å².